The second-order valence-electron chi connectivity index (χ2n) is 7.07. The van der Waals surface area contributed by atoms with E-state index in [9.17, 15) is 9.59 Å². The van der Waals surface area contributed by atoms with Crippen LogP contribution in [-0.4, -0.2) is 47.8 Å². The van der Waals surface area contributed by atoms with E-state index in [2.05, 4.69) is 6.07 Å². The lowest BCUT2D eigenvalue weighted by Crippen LogP contribution is -2.50. The lowest BCUT2D eigenvalue weighted by molar-refractivity contribution is 0.0538. The van der Waals surface area contributed by atoms with Crippen LogP contribution in [0.25, 0.3) is 0 Å². The van der Waals surface area contributed by atoms with Gasteiger partial charge in [-0.2, -0.15) is 0 Å². The molecule has 2 heterocycles. The number of amides is 2. The Morgan fingerprint density at radius 2 is 1.46 bits per heavy atom. The Morgan fingerprint density at radius 1 is 0.808 bits per heavy atom. The number of fused-ring (bicyclic) bond motifs is 1. The molecule has 0 bridgehead atoms. The molecule has 0 N–H and O–H groups in total. The Morgan fingerprint density at radius 3 is 2.19 bits per heavy atom. The maximum atomic E-state index is 12.9. The van der Waals surface area contributed by atoms with E-state index in [0.717, 1.165) is 17.7 Å². The third kappa shape index (κ3) is 3.54. The van der Waals surface area contributed by atoms with Gasteiger partial charge in [-0.25, -0.2) is 0 Å². The summed E-state index contributed by atoms with van der Waals surface area (Å²) in [7, 11) is 0. The highest BCUT2D eigenvalue weighted by molar-refractivity contribution is 7.14. The molecule has 0 saturated carbocycles. The summed E-state index contributed by atoms with van der Waals surface area (Å²) in [5.74, 6) is 0.190. The third-order valence-electron chi connectivity index (χ3n) is 5.33. The molecule has 1 aliphatic heterocycles. The summed E-state index contributed by atoms with van der Waals surface area (Å²) in [5, 5.41) is 0. The Balaban J connectivity index is 1.39. The number of hydrogen-bond donors (Lipinski definition) is 0. The van der Waals surface area contributed by atoms with E-state index in [1.807, 2.05) is 40.1 Å². The van der Waals surface area contributed by atoms with Gasteiger partial charge in [-0.3, -0.25) is 9.59 Å². The fourth-order valence-corrected chi connectivity index (χ4v) is 5.03. The van der Waals surface area contributed by atoms with Crippen LogP contribution in [0.3, 0.4) is 0 Å². The smallest absolute Gasteiger partial charge is 0.264 e. The number of nitrogens with zero attached hydrogens (tertiary/aromatic N) is 2. The second kappa shape index (κ2) is 7.62. The van der Waals surface area contributed by atoms with Crippen molar-refractivity contribution >= 4 is 23.2 Å². The number of thiophene rings is 1. The van der Waals surface area contributed by atoms with Gasteiger partial charge in [0.2, 0.25) is 0 Å². The van der Waals surface area contributed by atoms with Crippen LogP contribution in [0.2, 0.25) is 0 Å². The van der Waals surface area contributed by atoms with Crippen LogP contribution in [0.5, 0.6) is 0 Å². The van der Waals surface area contributed by atoms with Crippen molar-refractivity contribution in [1.29, 1.82) is 0 Å². The Kier molecular flexibility index (Phi) is 5.07. The SMILES string of the molecule is O=C(c1ccccc1)N1CCN(C(=O)c2cc3c(s2)CCCCC3)CC1. The Bertz CT molecular complexity index is 768. The largest absolute Gasteiger partial charge is 0.335 e. The summed E-state index contributed by atoms with van der Waals surface area (Å²) in [4.78, 5) is 31.5. The van der Waals surface area contributed by atoms with E-state index in [1.54, 1.807) is 11.3 Å². The molecule has 1 saturated heterocycles. The number of piperazine rings is 1. The van der Waals surface area contributed by atoms with Crippen LogP contribution in [0, 0.1) is 0 Å². The highest BCUT2D eigenvalue weighted by atomic mass is 32.1. The van der Waals surface area contributed by atoms with Crippen molar-refractivity contribution in [2.24, 2.45) is 0 Å². The first-order valence-corrected chi connectivity index (χ1v) is 10.3. The molecule has 4 nitrogen and oxygen atoms in total. The van der Waals surface area contributed by atoms with Gasteiger partial charge >= 0.3 is 0 Å². The van der Waals surface area contributed by atoms with E-state index in [1.165, 1.54) is 29.7 Å². The molecule has 2 amide bonds. The maximum absolute atomic E-state index is 12.9. The number of hydrogen-bond acceptors (Lipinski definition) is 3. The predicted octanol–water partition coefficient (Wildman–Crippen LogP) is 3.62. The van der Waals surface area contributed by atoms with E-state index >= 15 is 0 Å². The van der Waals surface area contributed by atoms with Gasteiger partial charge in [-0.1, -0.05) is 24.6 Å². The Hall–Kier alpha value is -2.14. The lowest BCUT2D eigenvalue weighted by Gasteiger charge is -2.34. The van der Waals surface area contributed by atoms with E-state index in [-0.39, 0.29) is 11.8 Å². The molecular weight excluding hydrogens is 344 g/mol. The highest BCUT2D eigenvalue weighted by Gasteiger charge is 2.27. The zero-order chi connectivity index (χ0) is 17.9. The van der Waals surface area contributed by atoms with Crippen molar-refractivity contribution in [2.75, 3.05) is 26.2 Å². The fourth-order valence-electron chi connectivity index (χ4n) is 3.80. The summed E-state index contributed by atoms with van der Waals surface area (Å²) < 4.78 is 0. The van der Waals surface area contributed by atoms with Gasteiger partial charge in [0, 0.05) is 36.6 Å². The first kappa shape index (κ1) is 17.3. The summed E-state index contributed by atoms with van der Waals surface area (Å²) in [6.45, 7) is 2.43. The molecule has 26 heavy (non-hydrogen) atoms. The molecule has 1 aliphatic carbocycles. The Labute approximate surface area is 158 Å². The van der Waals surface area contributed by atoms with Crippen LogP contribution in [-0.2, 0) is 12.8 Å². The first-order valence-electron chi connectivity index (χ1n) is 9.47. The average molecular weight is 369 g/mol. The topological polar surface area (TPSA) is 40.6 Å². The first-order chi connectivity index (χ1) is 12.7. The normalized spacial score (nSPS) is 17.5. The zero-order valence-corrected chi connectivity index (χ0v) is 15.8. The van der Waals surface area contributed by atoms with Crippen molar-refractivity contribution in [3.63, 3.8) is 0 Å². The van der Waals surface area contributed by atoms with Crippen LogP contribution >= 0.6 is 11.3 Å². The maximum Gasteiger partial charge on any atom is 0.264 e. The van der Waals surface area contributed by atoms with Crippen LogP contribution < -0.4 is 0 Å². The molecule has 0 radical (unpaired) electrons. The van der Waals surface area contributed by atoms with E-state index < -0.39 is 0 Å². The molecule has 1 aromatic heterocycles. The predicted molar refractivity (Wildman–Crippen MR) is 104 cm³/mol. The van der Waals surface area contributed by atoms with Gasteiger partial charge in [0.25, 0.3) is 11.8 Å². The summed E-state index contributed by atoms with van der Waals surface area (Å²) in [6.07, 6.45) is 5.99. The monoisotopic (exact) mass is 368 g/mol. The van der Waals surface area contributed by atoms with Crippen molar-refractivity contribution in [1.82, 2.24) is 9.80 Å². The van der Waals surface area contributed by atoms with Crippen molar-refractivity contribution in [3.8, 4) is 0 Å². The molecule has 0 atom stereocenters. The number of benzene rings is 1. The molecule has 1 aromatic carbocycles. The van der Waals surface area contributed by atoms with Crippen LogP contribution in [0.15, 0.2) is 36.4 Å². The minimum Gasteiger partial charge on any atom is -0.335 e. The van der Waals surface area contributed by atoms with Gasteiger partial charge < -0.3 is 9.80 Å². The summed E-state index contributed by atoms with van der Waals surface area (Å²) in [6, 6.07) is 11.5. The quantitative estimate of drug-likeness (QED) is 0.760. The van der Waals surface area contributed by atoms with Gasteiger partial charge in [-0.15, -0.1) is 11.3 Å². The molecule has 0 spiro atoms. The van der Waals surface area contributed by atoms with Gasteiger partial charge in [-0.05, 0) is 49.4 Å². The minimum atomic E-state index is 0.0561. The number of carbonyl (C=O) groups excluding carboxylic acids is 2. The molecule has 1 fully saturated rings. The van der Waals surface area contributed by atoms with Crippen LogP contribution in [0.1, 0.15) is 49.7 Å². The summed E-state index contributed by atoms with van der Waals surface area (Å²) in [5.41, 5.74) is 2.10. The van der Waals surface area contributed by atoms with E-state index in [4.69, 9.17) is 0 Å². The van der Waals surface area contributed by atoms with Crippen molar-refractivity contribution < 1.29 is 9.59 Å². The molecule has 5 heteroatoms. The van der Waals surface area contributed by atoms with Gasteiger partial charge in [0.15, 0.2) is 0 Å². The average Bonchev–Trinajstić information content (AvgIpc) is 2.98. The molecule has 2 aliphatic rings. The number of carbonyl (C=O) groups is 2. The number of aryl methyl sites for hydroxylation is 2. The summed E-state index contributed by atoms with van der Waals surface area (Å²) >= 11 is 1.68. The molecule has 136 valence electrons. The molecule has 2 aromatic rings. The number of rotatable bonds is 2. The van der Waals surface area contributed by atoms with Crippen LogP contribution in [0.4, 0.5) is 0 Å². The zero-order valence-electron chi connectivity index (χ0n) is 14.9. The highest BCUT2D eigenvalue weighted by Crippen LogP contribution is 2.30. The minimum absolute atomic E-state index is 0.0561. The molecule has 0 unspecified atom stereocenters. The molecular formula is C21H24N2O2S. The van der Waals surface area contributed by atoms with Crippen molar-refractivity contribution in [3.05, 3.63) is 57.3 Å². The van der Waals surface area contributed by atoms with Gasteiger partial charge in [0.05, 0.1) is 4.88 Å². The second-order valence-corrected chi connectivity index (χ2v) is 8.21. The lowest BCUT2D eigenvalue weighted by atomic mass is 10.1. The standard InChI is InChI=1S/C21H24N2O2S/c24-20(16-7-3-1-4-8-16)22-11-13-23(14-12-22)21(25)19-15-17-9-5-2-6-10-18(17)26-19/h1,3-4,7-8,15H,2,5-6,9-14H2. The fraction of sp³-hybridized carbons (Fsp3) is 0.429. The van der Waals surface area contributed by atoms with Crippen molar-refractivity contribution in [2.45, 2.75) is 32.1 Å². The van der Waals surface area contributed by atoms with Gasteiger partial charge in [0.1, 0.15) is 0 Å². The third-order valence-corrected chi connectivity index (χ3v) is 6.56. The molecule has 4 rings (SSSR count). The van der Waals surface area contributed by atoms with E-state index in [0.29, 0.717) is 31.7 Å².